The number of aromatic nitrogens is 1. The highest BCUT2D eigenvalue weighted by Gasteiger charge is 2.28. The molecule has 0 spiro atoms. The molecular formula is C18H23N3O3. The molecule has 128 valence electrons. The number of benzene rings is 1. The van der Waals surface area contributed by atoms with Gasteiger partial charge in [0.05, 0.1) is 19.8 Å². The van der Waals surface area contributed by atoms with Crippen LogP contribution in [0.1, 0.15) is 24.7 Å². The van der Waals surface area contributed by atoms with Gasteiger partial charge in [-0.2, -0.15) is 0 Å². The fraction of sp³-hybridized carbons (Fsp3) is 0.556. The van der Waals surface area contributed by atoms with Crippen molar-refractivity contribution in [3.8, 4) is 0 Å². The van der Waals surface area contributed by atoms with Crippen LogP contribution in [0.4, 0.5) is 0 Å². The van der Waals surface area contributed by atoms with E-state index in [-0.39, 0.29) is 5.91 Å². The van der Waals surface area contributed by atoms with Crippen molar-refractivity contribution in [1.82, 2.24) is 14.8 Å². The van der Waals surface area contributed by atoms with Gasteiger partial charge in [0.15, 0.2) is 11.5 Å². The van der Waals surface area contributed by atoms with Crippen LogP contribution >= 0.6 is 0 Å². The molecule has 6 heteroatoms. The van der Waals surface area contributed by atoms with Gasteiger partial charge in [0.1, 0.15) is 5.52 Å². The van der Waals surface area contributed by atoms with E-state index in [9.17, 15) is 4.79 Å². The predicted molar refractivity (Wildman–Crippen MR) is 89.8 cm³/mol. The van der Waals surface area contributed by atoms with Crippen LogP contribution in [0.15, 0.2) is 28.7 Å². The number of ether oxygens (including phenoxy) is 1. The largest absolute Gasteiger partial charge is 0.440 e. The minimum absolute atomic E-state index is 0.230. The van der Waals surface area contributed by atoms with E-state index in [1.807, 2.05) is 29.2 Å². The van der Waals surface area contributed by atoms with E-state index in [4.69, 9.17) is 9.15 Å². The van der Waals surface area contributed by atoms with E-state index in [1.165, 1.54) is 0 Å². The predicted octanol–water partition coefficient (Wildman–Crippen LogP) is 1.87. The molecule has 4 rings (SSSR count). The van der Waals surface area contributed by atoms with Crippen molar-refractivity contribution in [2.75, 3.05) is 45.9 Å². The minimum Gasteiger partial charge on any atom is -0.440 e. The number of amides is 1. The van der Waals surface area contributed by atoms with E-state index in [2.05, 4.69) is 9.88 Å². The lowest BCUT2D eigenvalue weighted by Crippen LogP contribution is -2.46. The third kappa shape index (κ3) is 3.30. The fourth-order valence-electron chi connectivity index (χ4n) is 3.49. The zero-order valence-electron chi connectivity index (χ0n) is 13.8. The van der Waals surface area contributed by atoms with Gasteiger partial charge >= 0.3 is 0 Å². The summed E-state index contributed by atoms with van der Waals surface area (Å²) in [6.07, 6.45) is 1.84. The molecule has 0 aliphatic carbocycles. The van der Waals surface area contributed by atoms with Gasteiger partial charge in [0, 0.05) is 32.1 Å². The summed E-state index contributed by atoms with van der Waals surface area (Å²) in [6, 6.07) is 7.86. The molecule has 2 aliphatic rings. The first kappa shape index (κ1) is 15.6. The van der Waals surface area contributed by atoms with Crippen molar-refractivity contribution in [3.05, 3.63) is 30.2 Å². The maximum atomic E-state index is 12.5. The second-order valence-electron chi connectivity index (χ2n) is 6.56. The summed E-state index contributed by atoms with van der Waals surface area (Å²) in [7, 11) is 0. The molecule has 2 saturated heterocycles. The number of morpholine rings is 1. The maximum absolute atomic E-state index is 12.5. The first-order valence-electron chi connectivity index (χ1n) is 8.73. The number of hydrogen-bond acceptors (Lipinski definition) is 5. The molecule has 2 aromatic rings. The van der Waals surface area contributed by atoms with Gasteiger partial charge in [-0.1, -0.05) is 12.1 Å². The fourth-order valence-corrected chi connectivity index (χ4v) is 3.49. The van der Waals surface area contributed by atoms with Gasteiger partial charge in [-0.3, -0.25) is 9.69 Å². The summed E-state index contributed by atoms with van der Waals surface area (Å²) in [5.74, 6) is 1.36. The third-order valence-corrected chi connectivity index (χ3v) is 4.97. The van der Waals surface area contributed by atoms with E-state index >= 15 is 0 Å². The summed E-state index contributed by atoms with van der Waals surface area (Å²) in [5, 5.41) is 0. The van der Waals surface area contributed by atoms with Crippen molar-refractivity contribution < 1.29 is 13.9 Å². The molecule has 0 atom stereocenters. The average molecular weight is 329 g/mol. The monoisotopic (exact) mass is 329 g/mol. The Labute approximate surface area is 141 Å². The number of hydrogen-bond donors (Lipinski definition) is 0. The van der Waals surface area contributed by atoms with Crippen LogP contribution < -0.4 is 0 Å². The lowest BCUT2D eigenvalue weighted by atomic mass is 9.96. The Morgan fingerprint density at radius 1 is 1.12 bits per heavy atom. The number of likely N-dealkylation sites (tertiary alicyclic amines) is 1. The van der Waals surface area contributed by atoms with Crippen molar-refractivity contribution >= 4 is 17.0 Å². The van der Waals surface area contributed by atoms with Gasteiger partial charge < -0.3 is 14.1 Å². The smallest absolute Gasteiger partial charge is 0.236 e. The average Bonchev–Trinajstić information content (AvgIpc) is 3.07. The van der Waals surface area contributed by atoms with E-state index in [1.54, 1.807) is 0 Å². The highest BCUT2D eigenvalue weighted by molar-refractivity contribution is 5.78. The third-order valence-electron chi connectivity index (χ3n) is 4.97. The minimum atomic E-state index is 0.230. The van der Waals surface area contributed by atoms with Crippen LogP contribution in [-0.2, 0) is 9.53 Å². The van der Waals surface area contributed by atoms with Gasteiger partial charge in [-0.05, 0) is 25.0 Å². The molecule has 6 nitrogen and oxygen atoms in total. The number of oxazole rings is 1. The molecule has 0 saturated carbocycles. The summed E-state index contributed by atoms with van der Waals surface area (Å²) in [5.41, 5.74) is 1.76. The van der Waals surface area contributed by atoms with Crippen LogP contribution in [0.2, 0.25) is 0 Å². The first-order chi connectivity index (χ1) is 11.8. The van der Waals surface area contributed by atoms with Gasteiger partial charge in [-0.15, -0.1) is 0 Å². The summed E-state index contributed by atoms with van der Waals surface area (Å²) in [6.45, 7) is 5.24. The summed E-state index contributed by atoms with van der Waals surface area (Å²) >= 11 is 0. The Balaban J connectivity index is 1.33. The lowest BCUT2D eigenvalue weighted by Gasteiger charge is -2.33. The number of nitrogens with zero attached hydrogens (tertiary/aromatic N) is 3. The van der Waals surface area contributed by atoms with Crippen LogP contribution in [0.3, 0.4) is 0 Å². The normalized spacial score (nSPS) is 20.6. The van der Waals surface area contributed by atoms with Crippen LogP contribution in [0.5, 0.6) is 0 Å². The molecule has 0 radical (unpaired) electrons. The second-order valence-corrected chi connectivity index (χ2v) is 6.56. The molecular weight excluding hydrogens is 306 g/mol. The molecule has 0 bridgehead atoms. The molecule has 24 heavy (non-hydrogen) atoms. The number of carbonyl (C=O) groups excluding carboxylic acids is 1. The van der Waals surface area contributed by atoms with Crippen molar-refractivity contribution in [2.45, 2.75) is 18.8 Å². The van der Waals surface area contributed by atoms with Crippen LogP contribution in [0, 0.1) is 0 Å². The Morgan fingerprint density at radius 2 is 1.88 bits per heavy atom. The van der Waals surface area contributed by atoms with Crippen molar-refractivity contribution in [1.29, 1.82) is 0 Å². The van der Waals surface area contributed by atoms with E-state index in [0.717, 1.165) is 69.2 Å². The molecule has 0 unspecified atom stereocenters. The summed E-state index contributed by atoms with van der Waals surface area (Å²) in [4.78, 5) is 21.2. The molecule has 1 aromatic carbocycles. The molecule has 1 aromatic heterocycles. The summed E-state index contributed by atoms with van der Waals surface area (Å²) < 4.78 is 11.2. The number of rotatable bonds is 3. The number of carbonyl (C=O) groups is 1. The zero-order valence-corrected chi connectivity index (χ0v) is 13.8. The van der Waals surface area contributed by atoms with E-state index < -0.39 is 0 Å². The number of para-hydroxylation sites is 2. The number of fused-ring (bicyclic) bond motifs is 1. The molecule has 3 heterocycles. The van der Waals surface area contributed by atoms with Crippen molar-refractivity contribution in [3.63, 3.8) is 0 Å². The Bertz CT molecular complexity index is 667. The molecule has 1 amide bonds. The Kier molecular flexibility index (Phi) is 4.49. The van der Waals surface area contributed by atoms with Gasteiger partial charge in [0.25, 0.3) is 0 Å². The standard InChI is InChI=1S/C18H23N3O3/c22-17(13-20-9-11-23-12-10-20)21-7-5-14(6-8-21)18-19-15-3-1-2-4-16(15)24-18/h1-4,14H,5-13H2. The lowest BCUT2D eigenvalue weighted by molar-refractivity contribution is -0.134. The molecule has 2 aliphatic heterocycles. The quantitative estimate of drug-likeness (QED) is 0.860. The van der Waals surface area contributed by atoms with Crippen molar-refractivity contribution in [2.24, 2.45) is 0 Å². The number of piperidine rings is 1. The Hall–Kier alpha value is -1.92. The van der Waals surface area contributed by atoms with Gasteiger partial charge in [0.2, 0.25) is 5.91 Å². The Morgan fingerprint density at radius 3 is 2.62 bits per heavy atom. The van der Waals surface area contributed by atoms with E-state index in [0.29, 0.717) is 12.5 Å². The maximum Gasteiger partial charge on any atom is 0.236 e. The topological polar surface area (TPSA) is 58.8 Å². The highest BCUT2D eigenvalue weighted by atomic mass is 16.5. The first-order valence-corrected chi connectivity index (χ1v) is 8.73. The van der Waals surface area contributed by atoms with Gasteiger partial charge in [-0.25, -0.2) is 4.98 Å². The van der Waals surface area contributed by atoms with Crippen LogP contribution in [0.25, 0.3) is 11.1 Å². The SMILES string of the molecule is O=C(CN1CCOCC1)N1CCC(c2nc3ccccc3o2)CC1. The van der Waals surface area contributed by atoms with Crippen LogP contribution in [-0.4, -0.2) is 66.6 Å². The molecule has 0 N–H and O–H groups in total. The molecule has 2 fully saturated rings. The zero-order chi connectivity index (χ0) is 16.4. The second kappa shape index (κ2) is 6.91. The highest BCUT2D eigenvalue weighted by Crippen LogP contribution is 2.29.